The monoisotopic (exact) mass is 433 g/mol. The fourth-order valence-electron chi connectivity index (χ4n) is 2.80. The second-order valence-corrected chi connectivity index (χ2v) is 6.83. The number of carbonyl (C=O) groups excluding carboxylic acids is 2. The quantitative estimate of drug-likeness (QED) is 0.677. The van der Waals surface area contributed by atoms with Gasteiger partial charge >= 0.3 is 5.97 Å². The van der Waals surface area contributed by atoms with Gasteiger partial charge in [0.15, 0.2) is 0 Å². The van der Waals surface area contributed by atoms with Crippen molar-refractivity contribution in [2.45, 2.75) is 6.10 Å². The van der Waals surface area contributed by atoms with Gasteiger partial charge in [-0.1, -0.05) is 30.3 Å². The fourth-order valence-corrected chi connectivity index (χ4v) is 3.21. The lowest BCUT2D eigenvalue weighted by molar-refractivity contribution is -0.145. The van der Waals surface area contributed by atoms with Crippen molar-refractivity contribution in [1.29, 1.82) is 0 Å². The van der Waals surface area contributed by atoms with Gasteiger partial charge < -0.3 is 19.1 Å². The molecule has 1 atom stereocenters. The van der Waals surface area contributed by atoms with E-state index in [-0.39, 0.29) is 5.91 Å². The summed E-state index contributed by atoms with van der Waals surface area (Å²) in [6, 6.07) is 14.0. The number of halogens is 1. The van der Waals surface area contributed by atoms with Crippen molar-refractivity contribution in [3.63, 3.8) is 0 Å². The smallest absolute Gasteiger partial charge is 0.340 e. The number of carbonyl (C=O) groups is 2. The maximum Gasteiger partial charge on any atom is 0.340 e. The molecule has 7 heteroatoms. The number of nitrogens with zero attached hydrogens (tertiary/aromatic N) is 1. The maximum absolute atomic E-state index is 13.0. The van der Waals surface area contributed by atoms with Crippen molar-refractivity contribution in [3.8, 4) is 5.75 Å². The molecular formula is C20H20BrNO5. The summed E-state index contributed by atoms with van der Waals surface area (Å²) in [5, 5.41) is 0. The number of morpholine rings is 1. The number of methoxy groups -OCH3 is 1. The third-order valence-electron chi connectivity index (χ3n) is 4.27. The third-order valence-corrected chi connectivity index (χ3v) is 4.96. The summed E-state index contributed by atoms with van der Waals surface area (Å²) in [6.07, 6.45) is -1.02. The third kappa shape index (κ3) is 4.67. The van der Waals surface area contributed by atoms with Crippen LogP contribution in [0.15, 0.2) is 53.0 Å². The van der Waals surface area contributed by atoms with Crippen molar-refractivity contribution < 1.29 is 23.8 Å². The first-order valence-corrected chi connectivity index (χ1v) is 9.35. The Labute approximate surface area is 166 Å². The van der Waals surface area contributed by atoms with Gasteiger partial charge in [-0.15, -0.1) is 0 Å². The van der Waals surface area contributed by atoms with Gasteiger partial charge in [0.1, 0.15) is 5.75 Å². The lowest BCUT2D eigenvalue weighted by Crippen LogP contribution is -2.44. The minimum Gasteiger partial charge on any atom is -0.497 e. The molecule has 0 saturated carbocycles. The van der Waals surface area contributed by atoms with Crippen LogP contribution in [0.1, 0.15) is 22.0 Å². The van der Waals surface area contributed by atoms with Gasteiger partial charge in [0, 0.05) is 23.1 Å². The largest absolute Gasteiger partial charge is 0.497 e. The molecule has 1 saturated heterocycles. The molecule has 6 nitrogen and oxygen atoms in total. The highest BCUT2D eigenvalue weighted by molar-refractivity contribution is 9.10. The molecule has 3 rings (SSSR count). The van der Waals surface area contributed by atoms with Crippen LogP contribution in [0.2, 0.25) is 0 Å². The van der Waals surface area contributed by atoms with E-state index in [1.54, 1.807) is 35.2 Å². The highest BCUT2D eigenvalue weighted by Gasteiger charge is 2.31. The molecule has 0 aliphatic carbocycles. The zero-order valence-electron chi connectivity index (χ0n) is 14.9. The molecule has 0 spiro atoms. The molecule has 0 aromatic heterocycles. The molecule has 1 heterocycles. The highest BCUT2D eigenvalue weighted by atomic mass is 79.9. The van der Waals surface area contributed by atoms with Crippen molar-refractivity contribution in [1.82, 2.24) is 4.90 Å². The molecule has 0 N–H and O–H groups in total. The number of esters is 1. The second kappa shape index (κ2) is 9.01. The van der Waals surface area contributed by atoms with Crippen LogP contribution in [0.3, 0.4) is 0 Å². The molecule has 142 valence electrons. The summed E-state index contributed by atoms with van der Waals surface area (Å²) >= 11 is 3.35. The van der Waals surface area contributed by atoms with Gasteiger partial charge in [0.2, 0.25) is 6.10 Å². The Bertz CT molecular complexity index is 805. The average molecular weight is 434 g/mol. The maximum atomic E-state index is 13.0. The number of hydrogen-bond acceptors (Lipinski definition) is 5. The lowest BCUT2D eigenvalue weighted by atomic mass is 10.1. The Hall–Kier alpha value is -2.38. The molecular weight excluding hydrogens is 414 g/mol. The molecule has 27 heavy (non-hydrogen) atoms. The molecule has 1 unspecified atom stereocenters. The average Bonchev–Trinajstić information content (AvgIpc) is 2.73. The highest BCUT2D eigenvalue weighted by Crippen LogP contribution is 2.27. The summed E-state index contributed by atoms with van der Waals surface area (Å²) in [5.41, 5.74) is 0.923. The molecule has 0 radical (unpaired) electrons. The van der Waals surface area contributed by atoms with E-state index in [1.165, 1.54) is 7.11 Å². The Morgan fingerprint density at radius 2 is 1.81 bits per heavy atom. The van der Waals surface area contributed by atoms with E-state index in [0.29, 0.717) is 47.7 Å². The van der Waals surface area contributed by atoms with Crippen molar-refractivity contribution >= 4 is 27.8 Å². The number of benzene rings is 2. The van der Waals surface area contributed by atoms with Crippen LogP contribution in [-0.4, -0.2) is 50.2 Å². The predicted octanol–water partition coefficient (Wildman–Crippen LogP) is 3.21. The van der Waals surface area contributed by atoms with Crippen LogP contribution in [0.5, 0.6) is 5.75 Å². The standard InChI is InChI=1S/C20H20BrNO5/c1-25-15-7-8-17(21)16(13-15)20(24)27-18(14-5-3-2-4-6-14)19(23)22-9-11-26-12-10-22/h2-8,13,18H,9-12H2,1H3. The number of hydrogen-bond donors (Lipinski definition) is 0. The van der Waals surface area contributed by atoms with E-state index in [9.17, 15) is 9.59 Å². The molecule has 1 aliphatic rings. The summed E-state index contributed by atoms with van der Waals surface area (Å²) < 4.78 is 16.7. The van der Waals surface area contributed by atoms with Crippen LogP contribution in [0.4, 0.5) is 0 Å². The van der Waals surface area contributed by atoms with E-state index in [2.05, 4.69) is 15.9 Å². The van der Waals surface area contributed by atoms with E-state index < -0.39 is 12.1 Å². The van der Waals surface area contributed by atoms with Crippen molar-refractivity contribution in [3.05, 3.63) is 64.1 Å². The molecule has 1 fully saturated rings. The first-order valence-electron chi connectivity index (χ1n) is 8.56. The summed E-state index contributed by atoms with van der Waals surface area (Å²) in [6.45, 7) is 1.90. The van der Waals surface area contributed by atoms with Gasteiger partial charge in [-0.3, -0.25) is 4.79 Å². The van der Waals surface area contributed by atoms with E-state index in [4.69, 9.17) is 14.2 Å². The van der Waals surface area contributed by atoms with Gasteiger partial charge in [-0.25, -0.2) is 4.79 Å². The van der Waals surface area contributed by atoms with E-state index >= 15 is 0 Å². The van der Waals surface area contributed by atoms with Crippen molar-refractivity contribution in [2.75, 3.05) is 33.4 Å². The first kappa shape index (κ1) is 19.4. The van der Waals surface area contributed by atoms with Gasteiger partial charge in [0.25, 0.3) is 5.91 Å². The molecule has 1 amide bonds. The molecule has 0 bridgehead atoms. The summed E-state index contributed by atoms with van der Waals surface area (Å²) in [7, 11) is 1.52. The Morgan fingerprint density at radius 3 is 2.48 bits per heavy atom. The van der Waals surface area contributed by atoms with Crippen LogP contribution in [0, 0.1) is 0 Å². The van der Waals surface area contributed by atoms with Crippen LogP contribution in [-0.2, 0) is 14.3 Å². The fraction of sp³-hybridized carbons (Fsp3) is 0.300. The Balaban J connectivity index is 1.87. The molecule has 2 aromatic rings. The SMILES string of the molecule is COc1ccc(Br)c(C(=O)OC(C(=O)N2CCOCC2)c2ccccc2)c1. The van der Waals surface area contributed by atoms with E-state index in [1.807, 2.05) is 18.2 Å². The van der Waals surface area contributed by atoms with Crippen LogP contribution < -0.4 is 4.74 Å². The normalized spacial score (nSPS) is 15.1. The zero-order valence-corrected chi connectivity index (χ0v) is 16.5. The molecule has 1 aliphatic heterocycles. The second-order valence-electron chi connectivity index (χ2n) is 5.98. The summed E-state index contributed by atoms with van der Waals surface area (Å²) in [4.78, 5) is 27.5. The number of rotatable bonds is 5. The van der Waals surface area contributed by atoms with E-state index in [0.717, 1.165) is 0 Å². The number of ether oxygens (including phenoxy) is 3. The minimum absolute atomic E-state index is 0.253. The topological polar surface area (TPSA) is 65.1 Å². The van der Waals surface area contributed by atoms with Crippen LogP contribution >= 0.6 is 15.9 Å². The van der Waals surface area contributed by atoms with Gasteiger partial charge in [-0.05, 0) is 34.1 Å². The van der Waals surface area contributed by atoms with Crippen molar-refractivity contribution in [2.24, 2.45) is 0 Å². The summed E-state index contributed by atoms with van der Waals surface area (Å²) in [5.74, 6) is -0.325. The van der Waals surface area contributed by atoms with Crippen LogP contribution in [0.25, 0.3) is 0 Å². The zero-order chi connectivity index (χ0) is 19.2. The Morgan fingerprint density at radius 1 is 1.11 bits per heavy atom. The number of amides is 1. The Kier molecular flexibility index (Phi) is 6.47. The van der Waals surface area contributed by atoms with Gasteiger partial charge in [0.05, 0.1) is 25.9 Å². The minimum atomic E-state index is -1.02. The van der Waals surface area contributed by atoms with Gasteiger partial charge in [-0.2, -0.15) is 0 Å². The lowest BCUT2D eigenvalue weighted by Gasteiger charge is -2.30. The predicted molar refractivity (Wildman–Crippen MR) is 103 cm³/mol. The molecule has 2 aromatic carbocycles. The first-order chi connectivity index (χ1) is 13.1.